The lowest BCUT2D eigenvalue weighted by Gasteiger charge is -2.34. The molecule has 24 heavy (non-hydrogen) atoms. The number of furan rings is 1. The van der Waals surface area contributed by atoms with Crippen molar-refractivity contribution in [1.29, 1.82) is 0 Å². The standard InChI is InChI=1S/C18H21NO4S/c1-10-4-5-11(2)16-15(10)12(3)17(23-16)18(22)19-6-7-24-9-13(19)8-14(20)21/h4-5,13H,6-9H2,1-3H3,(H,20,21). The summed E-state index contributed by atoms with van der Waals surface area (Å²) in [5.41, 5.74) is 3.65. The van der Waals surface area contributed by atoms with Gasteiger partial charge < -0.3 is 14.4 Å². The van der Waals surface area contributed by atoms with E-state index in [9.17, 15) is 9.59 Å². The first-order chi connectivity index (χ1) is 11.4. The Labute approximate surface area is 145 Å². The average Bonchev–Trinajstić information content (AvgIpc) is 2.89. The summed E-state index contributed by atoms with van der Waals surface area (Å²) in [6, 6.07) is 3.72. The van der Waals surface area contributed by atoms with Crippen molar-refractivity contribution in [2.45, 2.75) is 33.2 Å². The number of carbonyl (C=O) groups is 2. The molecule has 128 valence electrons. The van der Waals surface area contributed by atoms with Gasteiger partial charge in [-0.05, 0) is 31.9 Å². The molecule has 0 radical (unpaired) electrons. The fourth-order valence-corrected chi connectivity index (χ4v) is 4.36. The number of carbonyl (C=O) groups excluding carboxylic acids is 1. The van der Waals surface area contributed by atoms with Gasteiger partial charge in [-0.1, -0.05) is 12.1 Å². The highest BCUT2D eigenvalue weighted by molar-refractivity contribution is 7.99. The monoisotopic (exact) mass is 347 g/mol. The molecular weight excluding hydrogens is 326 g/mol. The number of carboxylic acids is 1. The maximum Gasteiger partial charge on any atom is 0.305 e. The van der Waals surface area contributed by atoms with Gasteiger partial charge in [0.1, 0.15) is 5.58 Å². The first kappa shape index (κ1) is 16.9. The minimum atomic E-state index is -0.881. The molecule has 0 bridgehead atoms. The Morgan fingerprint density at radius 2 is 2.00 bits per heavy atom. The zero-order valence-electron chi connectivity index (χ0n) is 14.1. The van der Waals surface area contributed by atoms with Gasteiger partial charge in [-0.15, -0.1) is 0 Å². The number of carboxylic acid groups (broad SMARTS) is 1. The Morgan fingerprint density at radius 1 is 1.29 bits per heavy atom. The Balaban J connectivity index is 2.01. The smallest absolute Gasteiger partial charge is 0.305 e. The van der Waals surface area contributed by atoms with Gasteiger partial charge in [0, 0.05) is 29.0 Å². The molecule has 1 fully saturated rings. The van der Waals surface area contributed by atoms with Gasteiger partial charge in [0.25, 0.3) is 5.91 Å². The minimum Gasteiger partial charge on any atom is -0.481 e. The summed E-state index contributed by atoms with van der Waals surface area (Å²) < 4.78 is 5.93. The van der Waals surface area contributed by atoms with E-state index in [4.69, 9.17) is 9.52 Å². The highest BCUT2D eigenvalue weighted by atomic mass is 32.2. The van der Waals surface area contributed by atoms with Gasteiger partial charge in [0.2, 0.25) is 0 Å². The first-order valence-corrected chi connectivity index (χ1v) is 9.15. The Kier molecular flexibility index (Phi) is 4.58. The Hall–Kier alpha value is -1.95. The molecule has 1 aromatic heterocycles. The van der Waals surface area contributed by atoms with Crippen LogP contribution in [0.1, 0.15) is 33.7 Å². The summed E-state index contributed by atoms with van der Waals surface area (Å²) >= 11 is 1.69. The number of hydrogen-bond donors (Lipinski definition) is 1. The molecule has 1 aromatic carbocycles. The van der Waals surface area contributed by atoms with E-state index in [0.717, 1.165) is 33.4 Å². The SMILES string of the molecule is Cc1ccc(C)c2c(C)c(C(=O)N3CCSCC3CC(=O)O)oc12. The second kappa shape index (κ2) is 6.51. The number of benzene rings is 1. The molecule has 1 amide bonds. The largest absolute Gasteiger partial charge is 0.481 e. The summed E-state index contributed by atoms with van der Waals surface area (Å²) in [5.74, 6) is 0.723. The summed E-state index contributed by atoms with van der Waals surface area (Å²) in [6.07, 6.45) is -0.0317. The van der Waals surface area contributed by atoms with Crippen LogP contribution in [0.4, 0.5) is 0 Å². The zero-order chi connectivity index (χ0) is 17.4. The predicted molar refractivity (Wildman–Crippen MR) is 94.8 cm³/mol. The van der Waals surface area contributed by atoms with E-state index in [1.807, 2.05) is 32.9 Å². The molecule has 1 N–H and O–H groups in total. The van der Waals surface area contributed by atoms with E-state index in [2.05, 4.69) is 0 Å². The van der Waals surface area contributed by atoms with Crippen LogP contribution in [0, 0.1) is 20.8 Å². The van der Waals surface area contributed by atoms with Crippen LogP contribution in [0.2, 0.25) is 0 Å². The lowest BCUT2D eigenvalue weighted by molar-refractivity contribution is -0.138. The van der Waals surface area contributed by atoms with E-state index < -0.39 is 5.97 Å². The second-order valence-corrected chi connectivity index (χ2v) is 7.43. The van der Waals surface area contributed by atoms with Crippen LogP contribution in [0.5, 0.6) is 0 Å². The van der Waals surface area contributed by atoms with Gasteiger partial charge in [-0.3, -0.25) is 9.59 Å². The van der Waals surface area contributed by atoms with Crippen LogP contribution in [-0.4, -0.2) is 46.0 Å². The molecule has 1 aliphatic rings. The molecular formula is C18H21NO4S. The maximum atomic E-state index is 13.0. The molecule has 1 saturated heterocycles. The zero-order valence-corrected chi connectivity index (χ0v) is 14.9. The molecule has 2 heterocycles. The van der Waals surface area contributed by atoms with Crippen molar-refractivity contribution >= 4 is 34.6 Å². The number of fused-ring (bicyclic) bond motifs is 1. The Morgan fingerprint density at radius 3 is 2.67 bits per heavy atom. The van der Waals surface area contributed by atoms with Crippen LogP contribution in [0.3, 0.4) is 0 Å². The van der Waals surface area contributed by atoms with Crippen molar-refractivity contribution in [1.82, 2.24) is 4.90 Å². The number of thioether (sulfide) groups is 1. The summed E-state index contributed by atoms with van der Waals surface area (Å²) in [6.45, 7) is 6.42. The van der Waals surface area contributed by atoms with Crippen LogP contribution in [0.25, 0.3) is 11.0 Å². The molecule has 6 heteroatoms. The van der Waals surface area contributed by atoms with Gasteiger partial charge >= 0.3 is 5.97 Å². The van der Waals surface area contributed by atoms with Crippen molar-refractivity contribution in [2.24, 2.45) is 0 Å². The highest BCUT2D eigenvalue weighted by Crippen LogP contribution is 2.32. The molecule has 2 aromatic rings. The Bertz CT molecular complexity index is 811. The van der Waals surface area contributed by atoms with E-state index in [1.54, 1.807) is 16.7 Å². The summed E-state index contributed by atoms with van der Waals surface area (Å²) in [7, 11) is 0. The van der Waals surface area contributed by atoms with Crippen molar-refractivity contribution in [3.8, 4) is 0 Å². The lowest BCUT2D eigenvalue weighted by atomic mass is 10.0. The van der Waals surface area contributed by atoms with E-state index in [-0.39, 0.29) is 18.4 Å². The topological polar surface area (TPSA) is 70.8 Å². The normalized spacial score (nSPS) is 18.1. The molecule has 1 aliphatic heterocycles. The average molecular weight is 347 g/mol. The van der Waals surface area contributed by atoms with Crippen LogP contribution >= 0.6 is 11.8 Å². The van der Waals surface area contributed by atoms with Crippen LogP contribution < -0.4 is 0 Å². The molecule has 3 rings (SSSR count). The van der Waals surface area contributed by atoms with E-state index in [0.29, 0.717) is 18.1 Å². The first-order valence-electron chi connectivity index (χ1n) is 8.00. The van der Waals surface area contributed by atoms with Gasteiger partial charge in [-0.25, -0.2) is 0 Å². The molecule has 0 spiro atoms. The van der Waals surface area contributed by atoms with Crippen molar-refractivity contribution < 1.29 is 19.1 Å². The molecule has 1 unspecified atom stereocenters. The third-order valence-corrected chi connectivity index (χ3v) is 5.67. The quantitative estimate of drug-likeness (QED) is 0.921. The number of nitrogens with zero attached hydrogens (tertiary/aromatic N) is 1. The fraction of sp³-hybridized carbons (Fsp3) is 0.444. The minimum absolute atomic E-state index is 0.0317. The maximum absolute atomic E-state index is 13.0. The van der Waals surface area contributed by atoms with Gasteiger partial charge in [0.15, 0.2) is 5.76 Å². The molecule has 1 atom stereocenters. The number of aryl methyl sites for hydroxylation is 3. The third-order valence-electron chi connectivity index (χ3n) is 4.58. The second-order valence-electron chi connectivity index (χ2n) is 6.28. The fourth-order valence-electron chi connectivity index (χ4n) is 3.30. The third kappa shape index (κ3) is 2.90. The number of amides is 1. The van der Waals surface area contributed by atoms with Crippen molar-refractivity contribution in [3.05, 3.63) is 34.6 Å². The number of aliphatic carboxylic acids is 1. The van der Waals surface area contributed by atoms with E-state index >= 15 is 0 Å². The number of hydrogen-bond acceptors (Lipinski definition) is 4. The van der Waals surface area contributed by atoms with Crippen molar-refractivity contribution in [3.63, 3.8) is 0 Å². The van der Waals surface area contributed by atoms with Crippen LogP contribution in [-0.2, 0) is 4.79 Å². The van der Waals surface area contributed by atoms with Crippen LogP contribution in [0.15, 0.2) is 16.5 Å². The molecule has 0 saturated carbocycles. The number of rotatable bonds is 3. The van der Waals surface area contributed by atoms with Crippen molar-refractivity contribution in [2.75, 3.05) is 18.1 Å². The predicted octanol–water partition coefficient (Wildman–Crippen LogP) is 3.39. The van der Waals surface area contributed by atoms with E-state index in [1.165, 1.54) is 0 Å². The summed E-state index contributed by atoms with van der Waals surface area (Å²) in [4.78, 5) is 25.8. The van der Waals surface area contributed by atoms with Gasteiger partial charge in [0.05, 0.1) is 12.5 Å². The van der Waals surface area contributed by atoms with Gasteiger partial charge in [-0.2, -0.15) is 11.8 Å². The summed E-state index contributed by atoms with van der Waals surface area (Å²) in [5, 5.41) is 10.1. The molecule has 0 aliphatic carbocycles. The highest BCUT2D eigenvalue weighted by Gasteiger charge is 2.32. The molecule has 5 nitrogen and oxygen atoms in total. The lowest BCUT2D eigenvalue weighted by Crippen LogP contribution is -2.47.